The van der Waals surface area contributed by atoms with Gasteiger partial charge in [0, 0.05) is 39.0 Å². The first-order valence-corrected chi connectivity index (χ1v) is 9.59. The summed E-state index contributed by atoms with van der Waals surface area (Å²) in [6.45, 7) is 4.06. The molecule has 1 aliphatic rings. The van der Waals surface area contributed by atoms with E-state index >= 15 is 0 Å². The molecule has 0 atom stereocenters. The predicted molar refractivity (Wildman–Crippen MR) is 105 cm³/mol. The second-order valence-electron chi connectivity index (χ2n) is 7.24. The zero-order valence-corrected chi connectivity index (χ0v) is 15.8. The van der Waals surface area contributed by atoms with E-state index in [1.807, 2.05) is 42.0 Å². The summed E-state index contributed by atoms with van der Waals surface area (Å²) in [5.41, 5.74) is 1.18. The Morgan fingerprint density at radius 1 is 1.08 bits per heavy atom. The highest BCUT2D eigenvalue weighted by Gasteiger charge is 2.28. The Hall–Kier alpha value is -2.36. The number of nitrogens with zero attached hydrogens (tertiary/aromatic N) is 2. The van der Waals surface area contributed by atoms with Crippen LogP contribution in [-0.2, 0) is 16.1 Å². The van der Waals surface area contributed by atoms with Crippen LogP contribution in [0.25, 0.3) is 10.8 Å². The lowest BCUT2D eigenvalue weighted by atomic mass is 9.94. The molecule has 4 heteroatoms. The predicted octanol–water partition coefficient (Wildman–Crippen LogP) is 3.84. The number of hydrogen-bond donors (Lipinski definition) is 0. The quantitative estimate of drug-likeness (QED) is 0.820. The molecule has 1 fully saturated rings. The van der Waals surface area contributed by atoms with Crippen molar-refractivity contribution in [3.05, 3.63) is 48.0 Å². The maximum atomic E-state index is 12.9. The van der Waals surface area contributed by atoms with Crippen molar-refractivity contribution >= 4 is 22.6 Å². The van der Waals surface area contributed by atoms with Gasteiger partial charge in [0.1, 0.15) is 0 Å². The van der Waals surface area contributed by atoms with Gasteiger partial charge in [0.2, 0.25) is 11.8 Å². The molecule has 0 N–H and O–H groups in total. The molecule has 0 unspecified atom stereocenters. The van der Waals surface area contributed by atoms with Gasteiger partial charge < -0.3 is 9.80 Å². The van der Waals surface area contributed by atoms with Crippen LogP contribution < -0.4 is 0 Å². The molecule has 1 saturated heterocycles. The van der Waals surface area contributed by atoms with Crippen molar-refractivity contribution in [1.29, 1.82) is 0 Å². The van der Waals surface area contributed by atoms with Crippen LogP contribution in [0.15, 0.2) is 42.5 Å². The first kappa shape index (κ1) is 18.4. The molecule has 0 bridgehead atoms. The topological polar surface area (TPSA) is 40.6 Å². The molecule has 4 nitrogen and oxygen atoms in total. The van der Waals surface area contributed by atoms with Crippen molar-refractivity contribution in [1.82, 2.24) is 9.80 Å². The fraction of sp³-hybridized carbons (Fsp3) is 0.455. The Bertz CT molecular complexity index is 773. The first-order chi connectivity index (χ1) is 12.6. The average molecular weight is 352 g/mol. The minimum absolute atomic E-state index is 0.0284. The highest BCUT2D eigenvalue weighted by molar-refractivity contribution is 5.86. The van der Waals surface area contributed by atoms with Crippen molar-refractivity contribution < 1.29 is 9.59 Å². The van der Waals surface area contributed by atoms with Crippen LogP contribution >= 0.6 is 0 Å². The van der Waals surface area contributed by atoms with Gasteiger partial charge in [0.15, 0.2) is 0 Å². The number of fused-ring (bicyclic) bond motifs is 1. The molecule has 0 aliphatic carbocycles. The average Bonchev–Trinajstić information content (AvgIpc) is 2.68. The smallest absolute Gasteiger partial charge is 0.225 e. The number of carbonyl (C=O) groups is 2. The van der Waals surface area contributed by atoms with Crippen LogP contribution in [0.5, 0.6) is 0 Å². The van der Waals surface area contributed by atoms with Crippen LogP contribution in [0.4, 0.5) is 0 Å². The summed E-state index contributed by atoms with van der Waals surface area (Å²) in [4.78, 5) is 28.6. The number of benzene rings is 2. The van der Waals surface area contributed by atoms with Crippen molar-refractivity contribution in [2.45, 2.75) is 39.2 Å². The number of hydrogen-bond acceptors (Lipinski definition) is 2. The second-order valence-corrected chi connectivity index (χ2v) is 7.24. The van der Waals surface area contributed by atoms with Gasteiger partial charge in [0.05, 0.1) is 0 Å². The summed E-state index contributed by atoms with van der Waals surface area (Å²) in [6.07, 6.45) is 3.04. The third-order valence-electron chi connectivity index (χ3n) is 5.32. The van der Waals surface area contributed by atoms with Crippen LogP contribution in [-0.4, -0.2) is 41.8 Å². The molecule has 0 spiro atoms. The van der Waals surface area contributed by atoms with E-state index in [9.17, 15) is 9.59 Å². The van der Waals surface area contributed by atoms with Crippen molar-refractivity contribution in [3.63, 3.8) is 0 Å². The number of carbonyl (C=O) groups excluding carboxylic acids is 2. The van der Waals surface area contributed by atoms with E-state index in [1.54, 1.807) is 0 Å². The van der Waals surface area contributed by atoms with Crippen molar-refractivity contribution in [3.8, 4) is 0 Å². The highest BCUT2D eigenvalue weighted by Crippen LogP contribution is 2.23. The zero-order chi connectivity index (χ0) is 18.5. The summed E-state index contributed by atoms with van der Waals surface area (Å²) >= 11 is 0. The normalized spacial score (nSPS) is 15.2. The summed E-state index contributed by atoms with van der Waals surface area (Å²) in [7, 11) is 1.89. The Morgan fingerprint density at radius 2 is 1.77 bits per heavy atom. The van der Waals surface area contributed by atoms with E-state index in [4.69, 9.17) is 0 Å². The van der Waals surface area contributed by atoms with Gasteiger partial charge in [-0.2, -0.15) is 0 Å². The number of piperidine rings is 1. The number of likely N-dealkylation sites (tertiary alicyclic amines) is 1. The maximum Gasteiger partial charge on any atom is 0.225 e. The van der Waals surface area contributed by atoms with Gasteiger partial charge in [-0.3, -0.25) is 9.59 Å². The fourth-order valence-electron chi connectivity index (χ4n) is 3.82. The van der Waals surface area contributed by atoms with Gasteiger partial charge >= 0.3 is 0 Å². The molecular weight excluding hydrogens is 324 g/mol. The fourth-order valence-corrected chi connectivity index (χ4v) is 3.82. The monoisotopic (exact) mass is 352 g/mol. The molecule has 1 heterocycles. The van der Waals surface area contributed by atoms with Crippen LogP contribution in [0.3, 0.4) is 0 Å². The molecule has 138 valence electrons. The van der Waals surface area contributed by atoms with Crippen molar-refractivity contribution in [2.24, 2.45) is 5.92 Å². The Labute approximate surface area is 155 Å². The molecule has 0 saturated carbocycles. The van der Waals surface area contributed by atoms with E-state index in [0.29, 0.717) is 26.1 Å². The molecule has 0 radical (unpaired) electrons. The Balaban J connectivity index is 1.61. The minimum atomic E-state index is 0.0284. The summed E-state index contributed by atoms with van der Waals surface area (Å²) < 4.78 is 0. The van der Waals surface area contributed by atoms with E-state index in [-0.39, 0.29) is 17.7 Å². The van der Waals surface area contributed by atoms with E-state index in [1.165, 1.54) is 16.3 Å². The number of rotatable bonds is 5. The molecule has 0 aromatic heterocycles. The Morgan fingerprint density at radius 3 is 2.50 bits per heavy atom. The number of amides is 2. The Kier molecular flexibility index (Phi) is 5.92. The van der Waals surface area contributed by atoms with Crippen molar-refractivity contribution in [2.75, 3.05) is 20.1 Å². The lowest BCUT2D eigenvalue weighted by molar-refractivity contribution is -0.140. The van der Waals surface area contributed by atoms with Crippen LogP contribution in [0.1, 0.15) is 38.2 Å². The van der Waals surface area contributed by atoms with Gasteiger partial charge in [-0.05, 0) is 35.6 Å². The summed E-state index contributed by atoms with van der Waals surface area (Å²) in [5.74, 6) is 0.448. The largest absolute Gasteiger partial charge is 0.343 e. The van der Waals surface area contributed by atoms with Crippen LogP contribution in [0, 0.1) is 5.92 Å². The molecule has 2 amide bonds. The third-order valence-corrected chi connectivity index (χ3v) is 5.32. The lowest BCUT2D eigenvalue weighted by Gasteiger charge is -2.33. The molecule has 26 heavy (non-hydrogen) atoms. The third kappa shape index (κ3) is 4.06. The molecule has 2 aromatic carbocycles. The van der Waals surface area contributed by atoms with Gasteiger partial charge in [0.25, 0.3) is 0 Å². The van der Waals surface area contributed by atoms with Gasteiger partial charge in [-0.25, -0.2) is 0 Å². The zero-order valence-electron chi connectivity index (χ0n) is 15.8. The van der Waals surface area contributed by atoms with Gasteiger partial charge in [-0.1, -0.05) is 49.4 Å². The van der Waals surface area contributed by atoms with E-state index < -0.39 is 0 Å². The lowest BCUT2D eigenvalue weighted by Crippen LogP contribution is -2.43. The SMILES string of the molecule is CCCC(=O)N1CCC(C(=O)N(C)Cc2cccc3ccccc23)CC1. The molecule has 1 aliphatic heterocycles. The molecular formula is C22H28N2O2. The summed E-state index contributed by atoms with van der Waals surface area (Å²) in [5, 5.41) is 2.41. The second kappa shape index (κ2) is 8.35. The standard InChI is InChI=1S/C22H28N2O2/c1-3-7-21(25)24-14-12-18(13-15-24)22(26)23(2)16-19-10-6-9-17-8-4-5-11-20(17)19/h4-6,8-11,18H,3,7,12-16H2,1-2H3. The van der Waals surface area contributed by atoms with Crippen LogP contribution in [0.2, 0.25) is 0 Å². The molecule has 3 rings (SSSR count). The summed E-state index contributed by atoms with van der Waals surface area (Å²) in [6, 6.07) is 14.5. The maximum absolute atomic E-state index is 12.9. The molecule has 2 aromatic rings. The van der Waals surface area contributed by atoms with Gasteiger partial charge in [-0.15, -0.1) is 0 Å². The van der Waals surface area contributed by atoms with E-state index in [2.05, 4.69) is 24.3 Å². The van der Waals surface area contributed by atoms with E-state index in [0.717, 1.165) is 19.3 Å². The highest BCUT2D eigenvalue weighted by atomic mass is 16.2. The first-order valence-electron chi connectivity index (χ1n) is 9.59. The minimum Gasteiger partial charge on any atom is -0.343 e.